The monoisotopic (exact) mass is 313 g/mol. The van der Waals surface area contributed by atoms with Crippen LogP contribution in [0, 0.1) is 0 Å². The standard InChI is InChI=1S/C19H15N5/c1-2-12-6-10-23-19-16(14-5-3-4-8-21-14)17(24-18(12)19)13-7-9-22-15(20)11-13/h2-11,24H,1H2,(H2,20,22). The zero-order valence-electron chi connectivity index (χ0n) is 12.9. The summed E-state index contributed by atoms with van der Waals surface area (Å²) in [6.45, 7) is 3.89. The van der Waals surface area contributed by atoms with Crippen molar-refractivity contribution in [3.05, 3.63) is 67.1 Å². The van der Waals surface area contributed by atoms with Gasteiger partial charge in [0.2, 0.25) is 0 Å². The van der Waals surface area contributed by atoms with Crippen LogP contribution in [-0.2, 0) is 0 Å². The summed E-state index contributed by atoms with van der Waals surface area (Å²) in [7, 11) is 0. The van der Waals surface area contributed by atoms with Crippen LogP contribution in [0.25, 0.3) is 39.6 Å². The predicted octanol–water partition coefficient (Wildman–Crippen LogP) is 3.91. The van der Waals surface area contributed by atoms with E-state index in [1.807, 2.05) is 42.5 Å². The molecule has 0 aliphatic rings. The molecule has 0 saturated heterocycles. The van der Waals surface area contributed by atoms with E-state index < -0.39 is 0 Å². The van der Waals surface area contributed by atoms with E-state index in [2.05, 4.69) is 26.5 Å². The maximum absolute atomic E-state index is 5.86. The second kappa shape index (κ2) is 5.62. The highest BCUT2D eigenvalue weighted by atomic mass is 14.8. The molecule has 0 saturated carbocycles. The molecule has 4 heterocycles. The van der Waals surface area contributed by atoms with Crippen LogP contribution in [0.15, 0.2) is 61.6 Å². The molecule has 0 spiro atoms. The van der Waals surface area contributed by atoms with Crippen LogP contribution in [0.2, 0.25) is 0 Å². The Morgan fingerprint density at radius 1 is 1.00 bits per heavy atom. The number of aromatic nitrogens is 4. The molecule has 0 radical (unpaired) electrons. The number of anilines is 1. The number of fused-ring (bicyclic) bond motifs is 1. The molecule has 4 rings (SSSR count). The average molecular weight is 313 g/mol. The molecular formula is C19H15N5. The number of hydrogen-bond donors (Lipinski definition) is 2. The molecule has 4 aromatic heterocycles. The first-order chi connectivity index (χ1) is 11.8. The van der Waals surface area contributed by atoms with Crippen LogP contribution >= 0.6 is 0 Å². The van der Waals surface area contributed by atoms with Crippen molar-refractivity contribution < 1.29 is 0 Å². The molecule has 0 bridgehead atoms. The Hall–Kier alpha value is -3.47. The van der Waals surface area contributed by atoms with E-state index in [-0.39, 0.29) is 0 Å². The van der Waals surface area contributed by atoms with Gasteiger partial charge in [-0.3, -0.25) is 9.97 Å². The van der Waals surface area contributed by atoms with Gasteiger partial charge in [-0.05, 0) is 30.3 Å². The first-order valence-corrected chi connectivity index (χ1v) is 7.54. The molecule has 0 amide bonds. The number of nitrogens with one attached hydrogen (secondary N) is 1. The Balaban J connectivity index is 2.10. The summed E-state index contributed by atoms with van der Waals surface area (Å²) in [5.74, 6) is 0.468. The predicted molar refractivity (Wildman–Crippen MR) is 97.1 cm³/mol. The zero-order valence-corrected chi connectivity index (χ0v) is 12.9. The van der Waals surface area contributed by atoms with E-state index in [4.69, 9.17) is 5.73 Å². The minimum atomic E-state index is 0.468. The van der Waals surface area contributed by atoms with Crippen LogP contribution in [-0.4, -0.2) is 19.9 Å². The van der Waals surface area contributed by atoms with Gasteiger partial charge in [0.25, 0.3) is 0 Å². The lowest BCUT2D eigenvalue weighted by atomic mass is 10.0. The van der Waals surface area contributed by atoms with Crippen LogP contribution in [0.5, 0.6) is 0 Å². The average Bonchev–Trinajstić information content (AvgIpc) is 3.02. The third-order valence-electron chi connectivity index (χ3n) is 3.93. The van der Waals surface area contributed by atoms with Gasteiger partial charge >= 0.3 is 0 Å². The van der Waals surface area contributed by atoms with Gasteiger partial charge in [0.1, 0.15) is 5.82 Å². The van der Waals surface area contributed by atoms with Gasteiger partial charge in [0.15, 0.2) is 0 Å². The SMILES string of the molecule is C=Cc1ccnc2c(-c3ccccn3)c(-c3ccnc(N)c3)[nH]c12. The molecule has 0 unspecified atom stereocenters. The Labute approximate surface area is 138 Å². The molecule has 0 aromatic carbocycles. The topological polar surface area (TPSA) is 80.5 Å². The summed E-state index contributed by atoms with van der Waals surface area (Å²) < 4.78 is 0. The van der Waals surface area contributed by atoms with E-state index in [0.717, 1.165) is 39.1 Å². The lowest BCUT2D eigenvalue weighted by Gasteiger charge is -2.04. The number of H-pyrrole nitrogens is 1. The molecule has 5 nitrogen and oxygen atoms in total. The fourth-order valence-corrected chi connectivity index (χ4v) is 2.85. The Morgan fingerprint density at radius 3 is 2.62 bits per heavy atom. The lowest BCUT2D eigenvalue weighted by Crippen LogP contribution is -1.91. The van der Waals surface area contributed by atoms with Gasteiger partial charge in [-0.25, -0.2) is 4.98 Å². The van der Waals surface area contributed by atoms with Gasteiger partial charge in [-0.1, -0.05) is 18.7 Å². The highest BCUT2D eigenvalue weighted by molar-refractivity contribution is 6.03. The fourth-order valence-electron chi connectivity index (χ4n) is 2.85. The van der Waals surface area contributed by atoms with Crippen LogP contribution in [0.1, 0.15) is 5.56 Å². The van der Waals surface area contributed by atoms with Gasteiger partial charge in [-0.15, -0.1) is 0 Å². The van der Waals surface area contributed by atoms with E-state index in [1.54, 1.807) is 18.6 Å². The minimum Gasteiger partial charge on any atom is -0.384 e. The molecule has 0 fully saturated rings. The number of nitrogens with zero attached hydrogens (tertiary/aromatic N) is 3. The number of nitrogen functional groups attached to an aromatic ring is 1. The Bertz CT molecular complexity index is 1030. The highest BCUT2D eigenvalue weighted by Gasteiger charge is 2.18. The van der Waals surface area contributed by atoms with E-state index in [0.29, 0.717) is 5.82 Å². The van der Waals surface area contributed by atoms with Crippen molar-refractivity contribution in [2.75, 3.05) is 5.73 Å². The van der Waals surface area contributed by atoms with Gasteiger partial charge in [0.05, 0.1) is 28.0 Å². The summed E-state index contributed by atoms with van der Waals surface area (Å²) in [6.07, 6.45) is 7.06. The van der Waals surface area contributed by atoms with Crippen molar-refractivity contribution >= 4 is 22.9 Å². The summed E-state index contributed by atoms with van der Waals surface area (Å²) in [5, 5.41) is 0. The number of rotatable bonds is 3. The number of hydrogen-bond acceptors (Lipinski definition) is 4. The molecule has 3 N–H and O–H groups in total. The van der Waals surface area contributed by atoms with E-state index in [1.165, 1.54) is 0 Å². The maximum atomic E-state index is 5.86. The minimum absolute atomic E-state index is 0.468. The normalized spacial score (nSPS) is 10.8. The van der Waals surface area contributed by atoms with Crippen molar-refractivity contribution in [1.82, 2.24) is 19.9 Å². The van der Waals surface area contributed by atoms with Crippen LogP contribution in [0.4, 0.5) is 5.82 Å². The lowest BCUT2D eigenvalue weighted by molar-refractivity contribution is 1.31. The molecule has 0 aliphatic heterocycles. The highest BCUT2D eigenvalue weighted by Crippen LogP contribution is 2.37. The third-order valence-corrected chi connectivity index (χ3v) is 3.93. The largest absolute Gasteiger partial charge is 0.384 e. The number of aromatic amines is 1. The molecular weight excluding hydrogens is 298 g/mol. The van der Waals surface area contributed by atoms with Gasteiger partial charge < -0.3 is 10.7 Å². The molecule has 5 heteroatoms. The number of pyridine rings is 3. The van der Waals surface area contributed by atoms with Crippen molar-refractivity contribution in [2.24, 2.45) is 0 Å². The first kappa shape index (κ1) is 14.1. The fraction of sp³-hybridized carbons (Fsp3) is 0. The van der Waals surface area contributed by atoms with Crippen LogP contribution < -0.4 is 5.73 Å². The zero-order chi connectivity index (χ0) is 16.5. The second-order valence-electron chi connectivity index (χ2n) is 5.39. The van der Waals surface area contributed by atoms with Gasteiger partial charge in [-0.2, -0.15) is 0 Å². The Kier molecular flexibility index (Phi) is 3.31. The number of nitrogens with two attached hydrogens (primary N) is 1. The summed E-state index contributed by atoms with van der Waals surface area (Å²) in [4.78, 5) is 16.6. The molecule has 4 aromatic rings. The molecule has 0 atom stereocenters. The van der Waals surface area contributed by atoms with Crippen molar-refractivity contribution in [3.63, 3.8) is 0 Å². The summed E-state index contributed by atoms with van der Waals surface area (Å²) in [6, 6.07) is 11.5. The van der Waals surface area contributed by atoms with Crippen molar-refractivity contribution in [3.8, 4) is 22.5 Å². The maximum Gasteiger partial charge on any atom is 0.123 e. The van der Waals surface area contributed by atoms with Crippen LogP contribution in [0.3, 0.4) is 0 Å². The van der Waals surface area contributed by atoms with E-state index >= 15 is 0 Å². The molecule has 0 aliphatic carbocycles. The second-order valence-corrected chi connectivity index (χ2v) is 5.39. The quantitative estimate of drug-likeness (QED) is 0.601. The first-order valence-electron chi connectivity index (χ1n) is 7.54. The van der Waals surface area contributed by atoms with E-state index in [9.17, 15) is 0 Å². The van der Waals surface area contributed by atoms with Gasteiger partial charge in [0, 0.05) is 29.7 Å². The smallest absolute Gasteiger partial charge is 0.123 e. The summed E-state index contributed by atoms with van der Waals surface area (Å²) >= 11 is 0. The third kappa shape index (κ3) is 2.23. The summed E-state index contributed by atoms with van der Waals surface area (Å²) in [5.41, 5.74) is 12.3. The van der Waals surface area contributed by atoms with Crippen molar-refractivity contribution in [1.29, 1.82) is 0 Å². The van der Waals surface area contributed by atoms with Crippen molar-refractivity contribution in [2.45, 2.75) is 0 Å². The molecule has 116 valence electrons. The molecule has 24 heavy (non-hydrogen) atoms. The Morgan fingerprint density at radius 2 is 1.88 bits per heavy atom.